The van der Waals surface area contributed by atoms with Gasteiger partial charge in [-0.1, -0.05) is 91.7 Å². The molecule has 0 saturated carbocycles. The molecule has 2 heterocycles. The number of imidazole rings is 1. The van der Waals surface area contributed by atoms with E-state index < -0.39 is 39.9 Å². The van der Waals surface area contributed by atoms with E-state index in [1.807, 2.05) is 80.6 Å². The predicted octanol–water partition coefficient (Wildman–Crippen LogP) is 9.23. The number of hydrogen-bond donors (Lipinski definition) is 0. The molecule has 0 aliphatic rings. The van der Waals surface area contributed by atoms with Crippen molar-refractivity contribution in [2.45, 2.75) is 25.2 Å². The Labute approximate surface area is 295 Å². The summed E-state index contributed by atoms with van der Waals surface area (Å²) in [5, 5.41) is 9.43. The molecule has 0 bridgehead atoms. The van der Waals surface area contributed by atoms with E-state index >= 15 is 8.78 Å². The third kappa shape index (κ3) is 5.96. The Balaban J connectivity index is 0.00000468. The van der Waals surface area contributed by atoms with Crippen molar-refractivity contribution in [2.75, 3.05) is 0 Å². The van der Waals surface area contributed by atoms with E-state index in [9.17, 15) is 14.0 Å². The van der Waals surface area contributed by atoms with Crippen LogP contribution in [0.4, 0.5) is 23.2 Å². The Morgan fingerprint density at radius 2 is 1.43 bits per heavy atom. The minimum Gasteiger partial charge on any atom is -0.373 e. The summed E-state index contributed by atoms with van der Waals surface area (Å²) < 4.78 is 61.5. The van der Waals surface area contributed by atoms with Crippen molar-refractivity contribution in [1.29, 1.82) is 5.26 Å². The minimum absolute atomic E-state index is 0. The molecule has 2 aromatic heterocycles. The van der Waals surface area contributed by atoms with Gasteiger partial charge in [0, 0.05) is 30.4 Å². The first kappa shape index (κ1) is 34.9. The van der Waals surface area contributed by atoms with Crippen LogP contribution >= 0.6 is 0 Å². The normalized spacial score (nSPS) is 11.1. The maximum absolute atomic E-state index is 15.7. The number of rotatable bonds is 7. The Morgan fingerprint density at radius 3 is 2.00 bits per heavy atom. The number of pyridine rings is 1. The quantitative estimate of drug-likeness (QED) is 0.119. The van der Waals surface area contributed by atoms with Gasteiger partial charge >= 0.3 is 21.1 Å². The molecule has 6 rings (SSSR count). The molecule has 0 aliphatic heterocycles. The molecule has 0 fully saturated rings. The smallest absolute Gasteiger partial charge is 0.373 e. The van der Waals surface area contributed by atoms with Crippen LogP contribution < -0.4 is 0 Å². The summed E-state index contributed by atoms with van der Waals surface area (Å²) in [5.74, 6) is -4.24. The topological polar surface area (TPSA) is 58.9 Å². The summed E-state index contributed by atoms with van der Waals surface area (Å²) in [6, 6.07) is 30.9. The molecule has 4 aromatic carbocycles. The number of hydrogen-bond acceptors (Lipinski definition) is 3. The fourth-order valence-corrected chi connectivity index (χ4v) is 5.90. The standard InChI is InChI=1S/C39H25F4N5.Pt/c1-23(2)24-19-32(27-15-18-31(41)37(45-3)36(27)43)46-33(20-24)39(25-11-7-5-8-12-25,26-13-9-6-10-14-26)34-22-48(4)38(47-34)28-16-17-30(40)29(21-44)35(28)42;/h5-14,17-20,22-23H,1-2,4H3;/q-2;+2. The predicted molar refractivity (Wildman–Crippen MR) is 173 cm³/mol. The van der Waals surface area contributed by atoms with Gasteiger partial charge in [-0.15, -0.1) is 29.8 Å². The van der Waals surface area contributed by atoms with Gasteiger partial charge < -0.3 is 4.57 Å². The molecular formula is C39H25F4N5Pt. The van der Waals surface area contributed by atoms with Crippen molar-refractivity contribution < 1.29 is 38.6 Å². The first-order valence-corrected chi connectivity index (χ1v) is 14.9. The second-order valence-electron chi connectivity index (χ2n) is 11.5. The monoisotopic (exact) mass is 834 g/mol. The van der Waals surface area contributed by atoms with Gasteiger partial charge in [0.15, 0.2) is 5.69 Å². The molecule has 0 atom stereocenters. The molecule has 0 radical (unpaired) electrons. The van der Waals surface area contributed by atoms with E-state index in [0.29, 0.717) is 22.5 Å². The number of aromatic nitrogens is 3. The average molecular weight is 835 g/mol. The molecule has 0 amide bonds. The molecule has 0 unspecified atom stereocenters. The maximum Gasteiger partial charge on any atom is 2.00 e. The van der Waals surface area contributed by atoms with Gasteiger partial charge in [0.1, 0.15) is 5.41 Å². The van der Waals surface area contributed by atoms with Gasteiger partial charge in [0.05, 0.1) is 41.5 Å². The second kappa shape index (κ2) is 14.0. The van der Waals surface area contributed by atoms with Crippen molar-refractivity contribution in [2.24, 2.45) is 7.05 Å². The molecule has 49 heavy (non-hydrogen) atoms. The Kier molecular flexibility index (Phi) is 9.99. The minimum atomic E-state index is -1.31. The molecular weight excluding hydrogens is 810 g/mol. The number of halogens is 4. The molecule has 244 valence electrons. The van der Waals surface area contributed by atoms with Crippen molar-refractivity contribution in [1.82, 2.24) is 14.5 Å². The molecule has 5 nitrogen and oxygen atoms in total. The van der Waals surface area contributed by atoms with E-state index in [1.165, 1.54) is 0 Å². The zero-order chi connectivity index (χ0) is 34.2. The zero-order valence-corrected chi connectivity index (χ0v) is 28.6. The van der Waals surface area contributed by atoms with Crippen LogP contribution in [0.2, 0.25) is 0 Å². The summed E-state index contributed by atoms with van der Waals surface area (Å²) in [6.45, 7) is 11.3. The van der Waals surface area contributed by atoms with E-state index in [-0.39, 0.29) is 49.6 Å². The van der Waals surface area contributed by atoms with E-state index in [4.69, 9.17) is 16.5 Å². The van der Waals surface area contributed by atoms with Gasteiger partial charge in [-0.25, -0.2) is 0 Å². The third-order valence-electron chi connectivity index (χ3n) is 8.29. The Hall–Kier alpha value is -5.37. The van der Waals surface area contributed by atoms with Crippen LogP contribution in [-0.4, -0.2) is 14.5 Å². The fraction of sp³-hybridized carbons (Fsp3) is 0.128. The Morgan fingerprint density at radius 1 is 0.837 bits per heavy atom. The van der Waals surface area contributed by atoms with E-state index in [2.05, 4.69) is 17.0 Å². The van der Waals surface area contributed by atoms with Crippen LogP contribution in [0.1, 0.15) is 53.4 Å². The molecule has 10 heteroatoms. The second-order valence-corrected chi connectivity index (χ2v) is 11.5. The van der Waals surface area contributed by atoms with Crippen LogP contribution in [0.5, 0.6) is 0 Å². The third-order valence-corrected chi connectivity index (χ3v) is 8.29. The van der Waals surface area contributed by atoms with Gasteiger partial charge in [0.2, 0.25) is 0 Å². The van der Waals surface area contributed by atoms with Crippen molar-refractivity contribution >= 4 is 5.69 Å². The van der Waals surface area contributed by atoms with Crippen molar-refractivity contribution in [3.63, 3.8) is 0 Å². The molecule has 0 aliphatic carbocycles. The van der Waals surface area contributed by atoms with Crippen LogP contribution in [0.3, 0.4) is 0 Å². The van der Waals surface area contributed by atoms with Crippen LogP contribution in [0.15, 0.2) is 91.1 Å². The number of nitrogens with zero attached hydrogens (tertiary/aromatic N) is 5. The van der Waals surface area contributed by atoms with Gasteiger partial charge in [0.25, 0.3) is 0 Å². The number of aryl methyl sites for hydroxylation is 1. The first-order chi connectivity index (χ1) is 23.1. The average Bonchev–Trinajstić information content (AvgIpc) is 3.47. The van der Waals surface area contributed by atoms with E-state index in [0.717, 1.165) is 17.7 Å². The van der Waals surface area contributed by atoms with Crippen molar-refractivity contribution in [3.05, 3.63) is 172 Å². The van der Waals surface area contributed by atoms with Crippen molar-refractivity contribution in [3.8, 4) is 28.7 Å². The largest absolute Gasteiger partial charge is 2.00 e. The summed E-state index contributed by atoms with van der Waals surface area (Å²) in [7, 11) is 1.65. The summed E-state index contributed by atoms with van der Waals surface area (Å²) >= 11 is 0. The Bertz CT molecular complexity index is 2220. The molecule has 0 saturated heterocycles. The van der Waals surface area contributed by atoms with Crippen LogP contribution in [0, 0.1) is 53.3 Å². The molecule has 6 aromatic rings. The zero-order valence-electron chi connectivity index (χ0n) is 26.3. The first-order valence-electron chi connectivity index (χ1n) is 14.9. The van der Waals surface area contributed by atoms with Gasteiger partial charge in [-0.05, 0) is 28.8 Å². The van der Waals surface area contributed by atoms with Crippen LogP contribution in [-0.2, 0) is 33.5 Å². The number of benzene rings is 4. The van der Waals surface area contributed by atoms with Gasteiger partial charge in [-0.3, -0.25) is 32.4 Å². The van der Waals surface area contributed by atoms with Gasteiger partial charge in [-0.2, -0.15) is 5.26 Å². The summed E-state index contributed by atoms with van der Waals surface area (Å²) in [5.41, 5.74) is -0.0775. The number of nitriles is 1. The SMILES string of the molecule is [C-]#[N+]c1c(F)c[c-]c(-c2cc(C(C)C)cc(C(c3ccccc3)(c3ccccc3)c3cn(C)c(-c4[c-]cc(F)c(C#N)c4F)n3)n2)c1F.[Pt+2]. The maximum atomic E-state index is 15.7. The van der Waals surface area contributed by atoms with E-state index in [1.54, 1.807) is 29.9 Å². The summed E-state index contributed by atoms with van der Waals surface area (Å²) in [4.78, 5) is 13.0. The van der Waals surface area contributed by atoms with Crippen LogP contribution in [0.25, 0.3) is 27.5 Å². The summed E-state index contributed by atoms with van der Waals surface area (Å²) in [6.07, 6.45) is 1.70. The molecule has 0 spiro atoms. The fourth-order valence-electron chi connectivity index (χ4n) is 5.90. The molecule has 0 N–H and O–H groups in total.